The van der Waals surface area contributed by atoms with Gasteiger partial charge in [0.25, 0.3) is 5.91 Å². The molecule has 1 atom stereocenters. The number of carbonyl (C=O) groups excluding carboxylic acids is 1. The van der Waals surface area contributed by atoms with Crippen LogP contribution >= 0.6 is 0 Å². The van der Waals surface area contributed by atoms with Gasteiger partial charge in [0.05, 0.1) is 17.5 Å². The molecule has 0 spiro atoms. The smallest absolute Gasteiger partial charge is 0.276 e. The van der Waals surface area contributed by atoms with Crippen molar-refractivity contribution in [2.24, 2.45) is 7.05 Å². The molecule has 2 aromatic heterocycles. The van der Waals surface area contributed by atoms with Crippen molar-refractivity contribution in [1.82, 2.24) is 20.3 Å². The third-order valence-electron chi connectivity index (χ3n) is 5.50. The van der Waals surface area contributed by atoms with Crippen LogP contribution < -0.4 is 15.4 Å². The molecule has 1 fully saturated rings. The van der Waals surface area contributed by atoms with Crippen LogP contribution in [0.2, 0.25) is 0 Å². The summed E-state index contributed by atoms with van der Waals surface area (Å²) in [4.78, 5) is 12.6. The van der Waals surface area contributed by atoms with E-state index < -0.39 is 11.7 Å². The average molecular weight is 427 g/mol. The number of nitrogens with one attached hydrogen (secondary N) is 2. The van der Waals surface area contributed by atoms with Crippen LogP contribution in [0.3, 0.4) is 0 Å². The monoisotopic (exact) mass is 427 g/mol. The van der Waals surface area contributed by atoms with E-state index in [1.165, 1.54) is 24.6 Å². The van der Waals surface area contributed by atoms with E-state index in [1.807, 2.05) is 13.8 Å². The summed E-state index contributed by atoms with van der Waals surface area (Å²) < 4.78 is 26.6. The Bertz CT molecular complexity index is 1050. The number of carbonyl (C=O) groups is 1. The van der Waals surface area contributed by atoms with Gasteiger partial charge < -0.3 is 19.9 Å². The Labute approximate surface area is 179 Å². The molecule has 3 aromatic rings. The van der Waals surface area contributed by atoms with E-state index in [1.54, 1.807) is 18.2 Å². The minimum Gasteiger partial charge on any atom is -0.491 e. The van der Waals surface area contributed by atoms with Crippen LogP contribution in [0, 0.1) is 19.7 Å². The Morgan fingerprint density at radius 2 is 2.23 bits per heavy atom. The van der Waals surface area contributed by atoms with E-state index in [2.05, 4.69) is 20.9 Å². The Hall–Kier alpha value is -3.20. The Morgan fingerprint density at radius 3 is 2.87 bits per heavy atom. The standard InChI is InChI=1S/C22H26FN5O3/c1-13-20(14(2)31-27-13)17-10-15(26-22(29)21-18(23)11-25-28(21)3)7-8-19(17)30-12-16-6-4-5-9-24-16/h7-8,10-11,16,24H,4-6,9,12H2,1-3H3,(H,26,29). The lowest BCUT2D eigenvalue weighted by Crippen LogP contribution is -2.38. The zero-order valence-corrected chi connectivity index (χ0v) is 17.9. The number of ether oxygens (including phenoxy) is 1. The first-order chi connectivity index (χ1) is 14.9. The van der Waals surface area contributed by atoms with Crippen molar-refractivity contribution in [1.29, 1.82) is 0 Å². The molecular weight excluding hydrogens is 401 g/mol. The summed E-state index contributed by atoms with van der Waals surface area (Å²) in [5.41, 5.74) is 2.66. The molecule has 1 saturated heterocycles. The normalized spacial score (nSPS) is 16.3. The molecule has 31 heavy (non-hydrogen) atoms. The summed E-state index contributed by atoms with van der Waals surface area (Å²) in [7, 11) is 1.52. The number of aryl methyl sites for hydroxylation is 3. The minimum absolute atomic E-state index is 0.136. The second-order valence-corrected chi connectivity index (χ2v) is 7.79. The summed E-state index contributed by atoms with van der Waals surface area (Å²) in [6.07, 6.45) is 4.46. The van der Waals surface area contributed by atoms with Crippen LogP contribution in [0.25, 0.3) is 11.1 Å². The fourth-order valence-electron chi connectivity index (χ4n) is 3.91. The van der Waals surface area contributed by atoms with Gasteiger partial charge in [-0.3, -0.25) is 9.48 Å². The highest BCUT2D eigenvalue weighted by atomic mass is 19.1. The zero-order chi connectivity index (χ0) is 22.0. The van der Waals surface area contributed by atoms with E-state index in [0.717, 1.165) is 36.0 Å². The zero-order valence-electron chi connectivity index (χ0n) is 17.9. The molecule has 0 bridgehead atoms. The molecule has 0 radical (unpaired) electrons. The maximum Gasteiger partial charge on any atom is 0.276 e. The predicted molar refractivity (Wildman–Crippen MR) is 114 cm³/mol. The van der Waals surface area contributed by atoms with Crippen molar-refractivity contribution >= 4 is 11.6 Å². The second-order valence-electron chi connectivity index (χ2n) is 7.79. The highest BCUT2D eigenvalue weighted by Crippen LogP contribution is 2.37. The van der Waals surface area contributed by atoms with Crippen molar-refractivity contribution in [3.8, 4) is 16.9 Å². The van der Waals surface area contributed by atoms with Gasteiger partial charge in [-0.1, -0.05) is 11.6 Å². The Balaban J connectivity index is 1.62. The van der Waals surface area contributed by atoms with E-state index >= 15 is 0 Å². The Morgan fingerprint density at radius 1 is 1.39 bits per heavy atom. The molecule has 1 amide bonds. The van der Waals surface area contributed by atoms with Crippen LogP contribution in [-0.4, -0.2) is 40.0 Å². The van der Waals surface area contributed by atoms with Gasteiger partial charge in [0.2, 0.25) is 0 Å². The van der Waals surface area contributed by atoms with Gasteiger partial charge in [-0.05, 0) is 51.4 Å². The largest absolute Gasteiger partial charge is 0.491 e. The van der Waals surface area contributed by atoms with Crippen molar-refractivity contribution in [2.75, 3.05) is 18.5 Å². The van der Waals surface area contributed by atoms with Gasteiger partial charge in [0.15, 0.2) is 11.5 Å². The van der Waals surface area contributed by atoms with Crippen LogP contribution in [0.15, 0.2) is 28.9 Å². The summed E-state index contributed by atoms with van der Waals surface area (Å²) in [5.74, 6) is 0.0685. The number of anilines is 1. The summed E-state index contributed by atoms with van der Waals surface area (Å²) in [5, 5.41) is 14.0. The number of aromatic nitrogens is 3. The fourth-order valence-corrected chi connectivity index (χ4v) is 3.91. The summed E-state index contributed by atoms with van der Waals surface area (Å²) in [6, 6.07) is 5.64. The van der Waals surface area contributed by atoms with Gasteiger partial charge in [0, 0.05) is 24.3 Å². The van der Waals surface area contributed by atoms with Crippen LogP contribution in [0.5, 0.6) is 5.75 Å². The van der Waals surface area contributed by atoms with Crippen molar-refractivity contribution in [3.63, 3.8) is 0 Å². The van der Waals surface area contributed by atoms with Crippen molar-refractivity contribution in [2.45, 2.75) is 39.2 Å². The lowest BCUT2D eigenvalue weighted by molar-refractivity contribution is 0.101. The maximum atomic E-state index is 13.9. The lowest BCUT2D eigenvalue weighted by Gasteiger charge is -2.24. The first-order valence-corrected chi connectivity index (χ1v) is 10.4. The third-order valence-corrected chi connectivity index (χ3v) is 5.50. The van der Waals surface area contributed by atoms with Gasteiger partial charge in [-0.2, -0.15) is 5.10 Å². The topological polar surface area (TPSA) is 94.2 Å². The number of amides is 1. The van der Waals surface area contributed by atoms with Gasteiger partial charge >= 0.3 is 0 Å². The first-order valence-electron chi connectivity index (χ1n) is 10.4. The van der Waals surface area contributed by atoms with Gasteiger partial charge in [-0.25, -0.2) is 4.39 Å². The second kappa shape index (κ2) is 8.89. The van der Waals surface area contributed by atoms with Crippen molar-refractivity contribution in [3.05, 3.63) is 47.4 Å². The van der Waals surface area contributed by atoms with E-state index in [-0.39, 0.29) is 5.69 Å². The van der Waals surface area contributed by atoms with Crippen molar-refractivity contribution < 1.29 is 18.4 Å². The molecule has 4 rings (SSSR count). The highest BCUT2D eigenvalue weighted by molar-refractivity contribution is 6.03. The first kappa shape index (κ1) is 21.0. The molecule has 1 aromatic carbocycles. The average Bonchev–Trinajstić information content (AvgIpc) is 3.27. The van der Waals surface area contributed by atoms with E-state index in [9.17, 15) is 9.18 Å². The molecule has 164 valence electrons. The van der Waals surface area contributed by atoms with Gasteiger partial charge in [0.1, 0.15) is 18.1 Å². The number of nitrogens with zero attached hydrogens (tertiary/aromatic N) is 3. The fraction of sp³-hybridized carbons (Fsp3) is 0.409. The molecule has 1 aliphatic heterocycles. The predicted octanol–water partition coefficient (Wildman–Crippen LogP) is 3.60. The van der Waals surface area contributed by atoms with Crippen LogP contribution in [0.4, 0.5) is 10.1 Å². The molecule has 0 saturated carbocycles. The number of hydrogen-bond acceptors (Lipinski definition) is 6. The number of hydrogen-bond donors (Lipinski definition) is 2. The number of piperidine rings is 1. The molecular formula is C22H26FN5O3. The molecule has 3 heterocycles. The quantitative estimate of drug-likeness (QED) is 0.624. The molecule has 9 heteroatoms. The third kappa shape index (κ3) is 4.46. The Kier molecular flexibility index (Phi) is 6.03. The minimum atomic E-state index is -0.675. The molecule has 2 N–H and O–H groups in total. The van der Waals surface area contributed by atoms with Crippen LogP contribution in [-0.2, 0) is 7.05 Å². The lowest BCUT2D eigenvalue weighted by atomic mass is 10.0. The highest BCUT2D eigenvalue weighted by Gasteiger charge is 2.21. The SMILES string of the molecule is Cc1noc(C)c1-c1cc(NC(=O)c2c(F)cnn2C)ccc1OCC1CCCCN1. The molecule has 8 nitrogen and oxygen atoms in total. The molecule has 1 unspecified atom stereocenters. The number of halogens is 1. The number of rotatable bonds is 6. The van der Waals surface area contributed by atoms with Gasteiger partial charge in [-0.15, -0.1) is 0 Å². The van der Waals surface area contributed by atoms with E-state index in [0.29, 0.717) is 29.8 Å². The molecule has 0 aliphatic carbocycles. The van der Waals surface area contributed by atoms with E-state index in [4.69, 9.17) is 9.26 Å². The maximum absolute atomic E-state index is 13.9. The molecule has 1 aliphatic rings. The number of benzene rings is 1. The van der Waals surface area contributed by atoms with Crippen LogP contribution in [0.1, 0.15) is 41.2 Å². The summed E-state index contributed by atoms with van der Waals surface area (Å²) in [6.45, 7) is 5.23. The summed E-state index contributed by atoms with van der Waals surface area (Å²) >= 11 is 0.